The molecule has 2 aliphatic carbocycles. The molecule has 0 nitrogen and oxygen atoms in total. The van der Waals surface area contributed by atoms with Crippen molar-refractivity contribution >= 4 is 11.6 Å². The lowest BCUT2D eigenvalue weighted by molar-refractivity contribution is 0.586. The lowest BCUT2D eigenvalue weighted by atomic mass is 9.84. The molecule has 1 heteroatoms. The van der Waals surface area contributed by atoms with Crippen LogP contribution in [-0.2, 0) is 0 Å². The van der Waals surface area contributed by atoms with Gasteiger partial charge in [-0.3, -0.25) is 0 Å². The molecule has 0 aromatic heterocycles. The number of hydrogen-bond acceptors (Lipinski definition) is 0. The van der Waals surface area contributed by atoms with Crippen molar-refractivity contribution < 1.29 is 0 Å². The number of halogens is 1. The van der Waals surface area contributed by atoms with Gasteiger partial charge in [0.05, 0.1) is 4.87 Å². The fraction of sp³-hybridized carbons (Fsp3) is 0.429. The average molecular weight is 127 g/mol. The molecule has 0 heterocycles. The van der Waals surface area contributed by atoms with E-state index in [-0.39, 0.29) is 4.87 Å². The molecule has 0 fully saturated rings. The van der Waals surface area contributed by atoms with Crippen LogP contribution in [0.2, 0.25) is 0 Å². The van der Waals surface area contributed by atoms with Gasteiger partial charge in [-0.1, -0.05) is 24.3 Å². The molecule has 0 radical (unpaired) electrons. The van der Waals surface area contributed by atoms with Crippen LogP contribution < -0.4 is 0 Å². The summed E-state index contributed by atoms with van der Waals surface area (Å²) in [5, 5.41) is 0. The van der Waals surface area contributed by atoms with Gasteiger partial charge in [0, 0.05) is 5.92 Å². The Labute approximate surface area is 53.8 Å². The number of rotatable bonds is 0. The first-order valence-electron chi connectivity index (χ1n) is 2.86. The molecular formula is C7H7Cl. The lowest BCUT2D eigenvalue weighted by Gasteiger charge is -2.30. The van der Waals surface area contributed by atoms with Gasteiger partial charge in [0.25, 0.3) is 0 Å². The molecule has 2 unspecified atom stereocenters. The number of hydrogen-bond donors (Lipinski definition) is 0. The first-order valence-corrected chi connectivity index (χ1v) is 3.24. The minimum atomic E-state index is 0.0139. The third-order valence-corrected chi connectivity index (χ3v) is 2.44. The van der Waals surface area contributed by atoms with Crippen molar-refractivity contribution in [1.29, 1.82) is 0 Å². The molecule has 2 rings (SSSR count). The van der Waals surface area contributed by atoms with Crippen LogP contribution in [0.3, 0.4) is 0 Å². The zero-order valence-corrected chi connectivity index (χ0v) is 5.23. The monoisotopic (exact) mass is 126 g/mol. The highest BCUT2D eigenvalue weighted by atomic mass is 35.5. The van der Waals surface area contributed by atoms with E-state index >= 15 is 0 Å². The average Bonchev–Trinajstić information content (AvgIpc) is 1.94. The van der Waals surface area contributed by atoms with E-state index in [1.807, 2.05) is 0 Å². The van der Waals surface area contributed by atoms with Crippen molar-refractivity contribution in [1.82, 2.24) is 0 Å². The van der Waals surface area contributed by atoms with Crippen LogP contribution in [0, 0.1) is 5.92 Å². The molecule has 0 aromatic rings. The summed E-state index contributed by atoms with van der Waals surface area (Å²) in [5.74, 6) is 0.546. The lowest BCUT2D eigenvalue weighted by Crippen LogP contribution is -2.29. The summed E-state index contributed by atoms with van der Waals surface area (Å²) in [6, 6.07) is 0. The number of alkyl halides is 1. The minimum absolute atomic E-state index is 0.0139. The molecule has 0 bridgehead atoms. The van der Waals surface area contributed by atoms with Gasteiger partial charge in [-0.2, -0.15) is 0 Å². The second kappa shape index (κ2) is 1.19. The second-order valence-electron chi connectivity index (χ2n) is 2.44. The van der Waals surface area contributed by atoms with Crippen LogP contribution in [-0.4, -0.2) is 4.87 Å². The Morgan fingerprint density at radius 1 is 1.50 bits per heavy atom. The van der Waals surface area contributed by atoms with Crippen molar-refractivity contribution in [2.24, 2.45) is 5.92 Å². The summed E-state index contributed by atoms with van der Waals surface area (Å²) in [6.45, 7) is 0. The predicted octanol–water partition coefficient (Wildman–Crippen LogP) is 2.11. The SMILES string of the molecule is ClC12C=CC1C=CC2. The molecule has 0 saturated carbocycles. The van der Waals surface area contributed by atoms with Gasteiger partial charge in [-0.05, 0) is 6.42 Å². The Balaban J connectivity index is 2.35. The van der Waals surface area contributed by atoms with Crippen LogP contribution in [0.15, 0.2) is 24.3 Å². The normalized spacial score (nSPS) is 48.9. The Morgan fingerprint density at radius 3 is 2.62 bits per heavy atom. The summed E-state index contributed by atoms with van der Waals surface area (Å²) < 4.78 is 0. The van der Waals surface area contributed by atoms with Crippen molar-refractivity contribution in [2.45, 2.75) is 11.3 Å². The topological polar surface area (TPSA) is 0 Å². The highest BCUT2D eigenvalue weighted by molar-refractivity contribution is 6.27. The predicted molar refractivity (Wildman–Crippen MR) is 35.0 cm³/mol. The van der Waals surface area contributed by atoms with Crippen LogP contribution in [0.1, 0.15) is 6.42 Å². The number of fused-ring (bicyclic) bond motifs is 1. The van der Waals surface area contributed by atoms with Crippen LogP contribution in [0.4, 0.5) is 0 Å². The van der Waals surface area contributed by atoms with Gasteiger partial charge < -0.3 is 0 Å². The van der Waals surface area contributed by atoms with E-state index in [4.69, 9.17) is 11.6 Å². The van der Waals surface area contributed by atoms with E-state index in [1.54, 1.807) is 0 Å². The van der Waals surface area contributed by atoms with Crippen LogP contribution >= 0.6 is 11.6 Å². The zero-order valence-electron chi connectivity index (χ0n) is 4.47. The van der Waals surface area contributed by atoms with Gasteiger partial charge in [0.1, 0.15) is 0 Å². The van der Waals surface area contributed by atoms with E-state index in [0.717, 1.165) is 6.42 Å². The molecular weight excluding hydrogens is 120 g/mol. The molecule has 0 amide bonds. The molecule has 0 aromatic carbocycles. The summed E-state index contributed by atoms with van der Waals surface area (Å²) in [7, 11) is 0. The maximum Gasteiger partial charge on any atom is 0.0757 e. The summed E-state index contributed by atoms with van der Waals surface area (Å²) in [4.78, 5) is 0.0139. The molecule has 8 heavy (non-hydrogen) atoms. The maximum absolute atomic E-state index is 6.06. The molecule has 0 aliphatic heterocycles. The Hall–Kier alpha value is -0.230. The standard InChI is InChI=1S/C7H7Cl/c8-7-4-1-2-6(7)3-5-7/h1-3,5-6H,4H2. The molecule has 2 aliphatic rings. The minimum Gasteiger partial charge on any atom is -0.113 e. The van der Waals surface area contributed by atoms with Crippen LogP contribution in [0.5, 0.6) is 0 Å². The van der Waals surface area contributed by atoms with Gasteiger partial charge in [-0.15, -0.1) is 11.6 Å². The Kier molecular flexibility index (Phi) is 0.688. The highest BCUT2D eigenvalue weighted by Gasteiger charge is 2.39. The molecule has 0 saturated heterocycles. The fourth-order valence-electron chi connectivity index (χ4n) is 1.24. The first-order chi connectivity index (χ1) is 3.81. The Bertz CT molecular complexity index is 169. The van der Waals surface area contributed by atoms with Crippen molar-refractivity contribution in [3.8, 4) is 0 Å². The van der Waals surface area contributed by atoms with E-state index < -0.39 is 0 Å². The van der Waals surface area contributed by atoms with Gasteiger partial charge >= 0.3 is 0 Å². The number of allylic oxidation sites excluding steroid dienone is 4. The van der Waals surface area contributed by atoms with E-state index in [2.05, 4.69) is 24.3 Å². The van der Waals surface area contributed by atoms with Gasteiger partial charge in [0.2, 0.25) is 0 Å². The summed E-state index contributed by atoms with van der Waals surface area (Å²) >= 11 is 6.06. The van der Waals surface area contributed by atoms with E-state index in [9.17, 15) is 0 Å². The van der Waals surface area contributed by atoms with Crippen LogP contribution in [0.25, 0.3) is 0 Å². The van der Waals surface area contributed by atoms with Crippen molar-refractivity contribution in [3.63, 3.8) is 0 Å². The van der Waals surface area contributed by atoms with Crippen molar-refractivity contribution in [3.05, 3.63) is 24.3 Å². The molecule has 42 valence electrons. The highest BCUT2D eigenvalue weighted by Crippen LogP contribution is 2.44. The van der Waals surface area contributed by atoms with Crippen molar-refractivity contribution in [2.75, 3.05) is 0 Å². The largest absolute Gasteiger partial charge is 0.113 e. The molecule has 2 atom stereocenters. The zero-order chi connectivity index (χ0) is 5.61. The third kappa shape index (κ3) is 0.373. The second-order valence-corrected chi connectivity index (χ2v) is 3.15. The molecule has 0 N–H and O–H groups in total. The van der Waals surface area contributed by atoms with Gasteiger partial charge in [-0.25, -0.2) is 0 Å². The summed E-state index contributed by atoms with van der Waals surface area (Å²) in [6.07, 6.45) is 9.58. The maximum atomic E-state index is 6.06. The third-order valence-electron chi connectivity index (χ3n) is 1.91. The Morgan fingerprint density at radius 2 is 2.38 bits per heavy atom. The molecule has 0 spiro atoms. The fourth-order valence-corrected chi connectivity index (χ4v) is 1.55. The summed E-state index contributed by atoms with van der Waals surface area (Å²) in [5.41, 5.74) is 0. The van der Waals surface area contributed by atoms with E-state index in [1.165, 1.54) is 0 Å². The van der Waals surface area contributed by atoms with E-state index in [0.29, 0.717) is 5.92 Å². The smallest absolute Gasteiger partial charge is 0.0757 e. The quantitative estimate of drug-likeness (QED) is 0.345. The first kappa shape index (κ1) is 4.63. The van der Waals surface area contributed by atoms with Gasteiger partial charge in [0.15, 0.2) is 0 Å².